The minimum atomic E-state index is -0.684. The van der Waals surface area contributed by atoms with Crippen molar-refractivity contribution >= 4 is 34.8 Å². The Kier molecular flexibility index (Phi) is 7.05. The number of carbonyl (C=O) groups excluding carboxylic acids is 3. The summed E-state index contributed by atoms with van der Waals surface area (Å²) in [7, 11) is 0. The highest BCUT2D eigenvalue weighted by Crippen LogP contribution is 2.32. The molecule has 3 aromatic heterocycles. The van der Waals surface area contributed by atoms with Crippen LogP contribution in [0.3, 0.4) is 0 Å². The number of halogens is 1. The molecule has 2 N–H and O–H groups in total. The zero-order valence-corrected chi connectivity index (χ0v) is 20.8. The van der Waals surface area contributed by atoms with E-state index in [9.17, 15) is 18.8 Å². The molecule has 1 fully saturated rings. The fraction of sp³-hybridized carbons (Fsp3) is 0.423. The maximum absolute atomic E-state index is 14.9. The maximum Gasteiger partial charge on any atom is 0.420 e. The quantitative estimate of drug-likeness (QED) is 0.544. The van der Waals surface area contributed by atoms with E-state index < -0.39 is 17.5 Å². The highest BCUT2D eigenvalue weighted by atomic mass is 19.1. The molecule has 3 heterocycles. The van der Waals surface area contributed by atoms with Gasteiger partial charge in [0.2, 0.25) is 11.8 Å². The lowest BCUT2D eigenvalue weighted by Crippen LogP contribution is -2.40. The second-order valence-electron chi connectivity index (χ2n) is 10.1. The number of hydrogen-bond acceptors (Lipinski definition) is 6. The summed E-state index contributed by atoms with van der Waals surface area (Å²) < 4.78 is 21.6. The fourth-order valence-corrected chi connectivity index (χ4v) is 4.52. The summed E-state index contributed by atoms with van der Waals surface area (Å²) in [6.07, 6.45) is 6.41. The maximum atomic E-state index is 14.9. The van der Waals surface area contributed by atoms with E-state index in [1.165, 1.54) is 30.0 Å². The molecule has 1 aliphatic carbocycles. The molecule has 0 saturated heterocycles. The van der Waals surface area contributed by atoms with Crippen LogP contribution in [0.15, 0.2) is 36.8 Å². The molecule has 0 bridgehead atoms. The predicted octanol–water partition coefficient (Wildman–Crippen LogP) is 4.65. The number of pyridine rings is 2. The highest BCUT2D eigenvalue weighted by molar-refractivity contribution is 5.98. The Bertz CT molecular complexity index is 1310. The van der Waals surface area contributed by atoms with Gasteiger partial charge in [-0.05, 0) is 63.8 Å². The second-order valence-corrected chi connectivity index (χ2v) is 10.1. The van der Waals surface area contributed by atoms with Gasteiger partial charge in [-0.2, -0.15) is 0 Å². The molecule has 0 spiro atoms. The fourth-order valence-electron chi connectivity index (χ4n) is 4.52. The monoisotopic (exact) mass is 495 g/mol. The Hall–Kier alpha value is -3.82. The normalized spacial score (nSPS) is 18.0. The van der Waals surface area contributed by atoms with Crippen LogP contribution in [-0.2, 0) is 14.3 Å². The van der Waals surface area contributed by atoms with E-state index in [4.69, 9.17) is 4.74 Å². The Morgan fingerprint density at radius 2 is 1.92 bits per heavy atom. The number of fused-ring (bicyclic) bond motifs is 1. The average molecular weight is 496 g/mol. The topological polar surface area (TPSA) is 115 Å². The lowest BCUT2D eigenvalue weighted by Gasteiger charge is -2.28. The summed E-state index contributed by atoms with van der Waals surface area (Å²) in [4.78, 5) is 45.2. The lowest BCUT2D eigenvalue weighted by molar-refractivity contribution is -0.123. The van der Waals surface area contributed by atoms with E-state index >= 15 is 0 Å². The Morgan fingerprint density at radius 1 is 1.14 bits per heavy atom. The van der Waals surface area contributed by atoms with Gasteiger partial charge in [-0.15, -0.1) is 0 Å². The molecule has 2 atom stereocenters. The summed E-state index contributed by atoms with van der Waals surface area (Å²) in [6.45, 7) is 6.77. The van der Waals surface area contributed by atoms with E-state index in [-0.39, 0.29) is 35.2 Å². The first-order chi connectivity index (χ1) is 17.0. The van der Waals surface area contributed by atoms with Crippen LogP contribution in [-0.4, -0.2) is 44.1 Å². The summed E-state index contributed by atoms with van der Waals surface area (Å²) in [5, 5.41) is 6.23. The van der Waals surface area contributed by atoms with Gasteiger partial charge in [-0.1, -0.05) is 6.42 Å². The third-order valence-electron chi connectivity index (χ3n) is 6.03. The Labute approximate surface area is 208 Å². The lowest BCUT2D eigenvalue weighted by atomic mass is 9.85. The first-order valence-electron chi connectivity index (χ1n) is 11.9. The van der Waals surface area contributed by atoms with Crippen LogP contribution >= 0.6 is 0 Å². The van der Waals surface area contributed by atoms with Gasteiger partial charge in [0.1, 0.15) is 22.9 Å². The zero-order valence-electron chi connectivity index (χ0n) is 20.8. The molecule has 9 nitrogen and oxygen atoms in total. The van der Waals surface area contributed by atoms with Gasteiger partial charge in [0.25, 0.3) is 0 Å². The second kappa shape index (κ2) is 10.0. The third kappa shape index (κ3) is 5.69. The Balaban J connectivity index is 1.58. The van der Waals surface area contributed by atoms with Crippen molar-refractivity contribution in [3.05, 3.63) is 42.6 Å². The standard InChI is InChI=1S/C26H30FN5O4/c1-15(33)30-17-7-5-6-16(12-17)24(34)31-22-13-20(21(27)14-29-22)18-8-10-28-23-19(18)9-11-32(23)25(35)36-26(2,3)4/h8-11,13-14,16-17H,5-7,12H2,1-4H3,(H,30,33)(H,29,31,34)/t16-,17+/m0/s1. The van der Waals surface area contributed by atoms with Crippen molar-refractivity contribution in [2.24, 2.45) is 5.92 Å². The number of rotatable bonds is 4. The summed E-state index contributed by atoms with van der Waals surface area (Å²) >= 11 is 0. The van der Waals surface area contributed by atoms with Crippen molar-refractivity contribution in [3.63, 3.8) is 0 Å². The molecule has 0 aliphatic heterocycles. The van der Waals surface area contributed by atoms with E-state index in [1.807, 2.05) is 0 Å². The molecule has 2 amide bonds. The van der Waals surface area contributed by atoms with Gasteiger partial charge >= 0.3 is 6.09 Å². The van der Waals surface area contributed by atoms with Gasteiger partial charge in [0, 0.05) is 42.2 Å². The number of aromatic nitrogens is 3. The molecule has 0 radical (unpaired) electrons. The van der Waals surface area contributed by atoms with Gasteiger partial charge in [-0.3, -0.25) is 9.59 Å². The van der Waals surface area contributed by atoms with Crippen molar-refractivity contribution in [1.29, 1.82) is 0 Å². The van der Waals surface area contributed by atoms with Crippen LogP contribution in [0.1, 0.15) is 53.4 Å². The number of amides is 2. The number of nitrogens with one attached hydrogen (secondary N) is 2. The molecule has 0 unspecified atom stereocenters. The van der Waals surface area contributed by atoms with Crippen LogP contribution in [0, 0.1) is 11.7 Å². The average Bonchev–Trinajstić information content (AvgIpc) is 3.23. The van der Waals surface area contributed by atoms with Crippen molar-refractivity contribution in [1.82, 2.24) is 19.9 Å². The van der Waals surface area contributed by atoms with Crippen molar-refractivity contribution < 1.29 is 23.5 Å². The Morgan fingerprint density at radius 3 is 2.64 bits per heavy atom. The summed E-state index contributed by atoms with van der Waals surface area (Å²) in [6, 6.07) is 4.75. The van der Waals surface area contributed by atoms with E-state index in [1.54, 1.807) is 32.9 Å². The number of carbonyl (C=O) groups is 3. The summed E-state index contributed by atoms with van der Waals surface area (Å²) in [5.74, 6) is -0.967. The van der Waals surface area contributed by atoms with E-state index in [2.05, 4.69) is 20.6 Å². The molecule has 4 rings (SSSR count). The molecular formula is C26H30FN5O4. The van der Waals surface area contributed by atoms with Crippen LogP contribution in [0.4, 0.5) is 15.0 Å². The first kappa shape index (κ1) is 25.3. The number of nitrogens with zero attached hydrogens (tertiary/aromatic N) is 3. The van der Waals surface area contributed by atoms with Crippen molar-refractivity contribution in [2.75, 3.05) is 5.32 Å². The van der Waals surface area contributed by atoms with Gasteiger partial charge < -0.3 is 15.4 Å². The number of ether oxygens (including phenoxy) is 1. The van der Waals surface area contributed by atoms with E-state index in [0.29, 0.717) is 29.4 Å². The summed E-state index contributed by atoms with van der Waals surface area (Å²) in [5.41, 5.74) is 0.362. The molecule has 3 aromatic rings. The van der Waals surface area contributed by atoms with Crippen LogP contribution in [0.5, 0.6) is 0 Å². The largest absolute Gasteiger partial charge is 0.443 e. The molecule has 190 valence electrons. The molecule has 1 aliphatic rings. The smallest absolute Gasteiger partial charge is 0.420 e. The zero-order chi connectivity index (χ0) is 26.0. The molecule has 10 heteroatoms. The van der Waals surface area contributed by atoms with Crippen LogP contribution in [0.25, 0.3) is 22.2 Å². The van der Waals surface area contributed by atoms with Crippen molar-refractivity contribution in [3.8, 4) is 11.1 Å². The van der Waals surface area contributed by atoms with Crippen LogP contribution in [0.2, 0.25) is 0 Å². The van der Waals surface area contributed by atoms with Gasteiger partial charge in [0.15, 0.2) is 0 Å². The molecule has 0 aromatic carbocycles. The predicted molar refractivity (Wildman–Crippen MR) is 133 cm³/mol. The van der Waals surface area contributed by atoms with Gasteiger partial charge in [0.05, 0.1) is 6.20 Å². The number of hydrogen-bond donors (Lipinski definition) is 2. The highest BCUT2D eigenvalue weighted by Gasteiger charge is 2.28. The number of anilines is 1. The van der Waals surface area contributed by atoms with E-state index in [0.717, 1.165) is 19.0 Å². The SMILES string of the molecule is CC(=O)N[C@@H]1CCC[C@H](C(=O)Nc2cc(-c3ccnc4c3ccn4C(=O)OC(C)(C)C)c(F)cn2)C1. The van der Waals surface area contributed by atoms with Gasteiger partial charge in [-0.25, -0.2) is 23.7 Å². The first-order valence-corrected chi connectivity index (χ1v) is 11.9. The minimum Gasteiger partial charge on any atom is -0.443 e. The molecular weight excluding hydrogens is 465 g/mol. The molecule has 36 heavy (non-hydrogen) atoms. The van der Waals surface area contributed by atoms with Crippen molar-refractivity contribution in [2.45, 2.75) is 65.0 Å². The third-order valence-corrected chi connectivity index (χ3v) is 6.03. The van der Waals surface area contributed by atoms with Crippen LogP contribution < -0.4 is 10.6 Å². The minimum absolute atomic E-state index is 0.0390. The molecule has 1 saturated carbocycles.